The summed E-state index contributed by atoms with van der Waals surface area (Å²) in [6.07, 6.45) is 6.10. The minimum atomic E-state index is -0.295. The minimum absolute atomic E-state index is 0.200. The highest BCUT2D eigenvalue weighted by molar-refractivity contribution is 5.99. The Morgan fingerprint density at radius 2 is 2.00 bits per heavy atom. The number of nitrogens with one attached hydrogen (secondary N) is 1. The van der Waals surface area contributed by atoms with Crippen LogP contribution in [0.4, 0.5) is 5.82 Å². The number of imidazole rings is 2. The van der Waals surface area contributed by atoms with Crippen molar-refractivity contribution in [2.45, 2.75) is 26.8 Å². The van der Waals surface area contributed by atoms with Crippen LogP contribution in [0.15, 0.2) is 49.1 Å². The van der Waals surface area contributed by atoms with Gasteiger partial charge in [0.25, 0.3) is 5.91 Å². The first-order valence-electron chi connectivity index (χ1n) is 11.5. The molecule has 35 heavy (non-hydrogen) atoms. The van der Waals surface area contributed by atoms with Gasteiger partial charge in [-0.25, -0.2) is 9.97 Å². The fraction of sp³-hybridized carbons (Fsp3) is 0.240. The summed E-state index contributed by atoms with van der Waals surface area (Å²) in [5.41, 5.74) is 11.9. The number of nitrogens with two attached hydrogens (primary N) is 1. The topological polar surface area (TPSA) is 125 Å². The van der Waals surface area contributed by atoms with E-state index >= 15 is 0 Å². The standard InChI is InChI=1S/C25H26N8O2/c1-4-10-27-25(34)21-22(26)33-11-6-7-16(23(33)30-21)17-12-15(8-9-19(17)35-3)18-13-29-31-24-20(18)28-14-32(24)5-2/h6-9,11-14H,4-5,10,26H2,1-3H3,(H,27,34). The zero-order chi connectivity index (χ0) is 24.5. The van der Waals surface area contributed by atoms with Crippen LogP contribution in [-0.2, 0) is 6.54 Å². The summed E-state index contributed by atoms with van der Waals surface area (Å²) in [5, 5.41) is 11.3. The highest BCUT2D eigenvalue weighted by Crippen LogP contribution is 2.38. The molecule has 0 atom stereocenters. The quantitative estimate of drug-likeness (QED) is 0.372. The lowest BCUT2D eigenvalue weighted by molar-refractivity contribution is 0.0950. The third-order valence-corrected chi connectivity index (χ3v) is 5.98. The third-order valence-electron chi connectivity index (χ3n) is 5.98. The fourth-order valence-corrected chi connectivity index (χ4v) is 4.19. The summed E-state index contributed by atoms with van der Waals surface area (Å²) in [5.74, 6) is 0.657. The molecule has 0 fully saturated rings. The molecule has 3 N–H and O–H groups in total. The van der Waals surface area contributed by atoms with Gasteiger partial charge in [0.05, 0.1) is 19.6 Å². The Hall–Kier alpha value is -4.47. The van der Waals surface area contributed by atoms with E-state index in [4.69, 9.17) is 10.5 Å². The third kappa shape index (κ3) is 3.72. The number of hydrogen-bond acceptors (Lipinski definition) is 7. The van der Waals surface area contributed by atoms with E-state index in [1.165, 1.54) is 0 Å². The van der Waals surface area contributed by atoms with Gasteiger partial charge in [0.2, 0.25) is 0 Å². The first-order valence-corrected chi connectivity index (χ1v) is 11.5. The normalized spacial score (nSPS) is 11.3. The number of pyridine rings is 1. The van der Waals surface area contributed by atoms with Crippen molar-refractivity contribution in [3.8, 4) is 28.0 Å². The number of nitrogen functional groups attached to an aromatic ring is 1. The second-order valence-corrected chi connectivity index (χ2v) is 8.09. The molecule has 0 saturated heterocycles. The van der Waals surface area contributed by atoms with Crippen molar-refractivity contribution < 1.29 is 9.53 Å². The van der Waals surface area contributed by atoms with Crippen LogP contribution >= 0.6 is 0 Å². The first kappa shape index (κ1) is 22.3. The number of anilines is 1. The highest BCUT2D eigenvalue weighted by atomic mass is 16.5. The summed E-state index contributed by atoms with van der Waals surface area (Å²) < 4.78 is 9.36. The molecule has 10 heteroatoms. The lowest BCUT2D eigenvalue weighted by Crippen LogP contribution is -2.25. The first-order chi connectivity index (χ1) is 17.1. The van der Waals surface area contributed by atoms with Crippen LogP contribution in [0.25, 0.3) is 39.1 Å². The number of fused-ring (bicyclic) bond motifs is 2. The van der Waals surface area contributed by atoms with E-state index < -0.39 is 0 Å². The molecular formula is C25H26N8O2. The number of carbonyl (C=O) groups excluding carboxylic acids is 1. The Bertz CT molecular complexity index is 1550. The van der Waals surface area contributed by atoms with E-state index in [2.05, 4.69) is 25.5 Å². The van der Waals surface area contributed by atoms with Crippen molar-refractivity contribution in [3.63, 3.8) is 0 Å². The van der Waals surface area contributed by atoms with Crippen molar-refractivity contribution >= 4 is 28.5 Å². The van der Waals surface area contributed by atoms with Crippen molar-refractivity contribution in [3.05, 3.63) is 54.7 Å². The number of methoxy groups -OCH3 is 1. The molecule has 10 nitrogen and oxygen atoms in total. The molecule has 5 rings (SSSR count). The van der Waals surface area contributed by atoms with E-state index in [1.54, 1.807) is 30.2 Å². The predicted molar refractivity (Wildman–Crippen MR) is 134 cm³/mol. The summed E-state index contributed by atoms with van der Waals surface area (Å²) in [6, 6.07) is 9.68. The predicted octanol–water partition coefficient (Wildman–Crippen LogP) is 3.56. The molecule has 178 valence electrons. The average molecular weight is 471 g/mol. The maximum atomic E-state index is 12.6. The van der Waals surface area contributed by atoms with Gasteiger partial charge in [-0.3, -0.25) is 9.20 Å². The molecule has 0 aliphatic rings. The van der Waals surface area contributed by atoms with Gasteiger partial charge in [-0.15, -0.1) is 5.10 Å². The monoisotopic (exact) mass is 470 g/mol. The number of benzene rings is 1. The van der Waals surface area contributed by atoms with Crippen LogP contribution in [0, 0.1) is 0 Å². The Labute approximate surface area is 201 Å². The Kier molecular flexibility index (Phi) is 5.77. The number of hydrogen-bond donors (Lipinski definition) is 2. The Morgan fingerprint density at radius 1 is 1.14 bits per heavy atom. The van der Waals surface area contributed by atoms with Gasteiger partial charge in [-0.05, 0) is 43.2 Å². The van der Waals surface area contributed by atoms with E-state index in [0.29, 0.717) is 17.9 Å². The summed E-state index contributed by atoms with van der Waals surface area (Å²) in [4.78, 5) is 21.8. The summed E-state index contributed by atoms with van der Waals surface area (Å²) in [7, 11) is 1.62. The van der Waals surface area contributed by atoms with Crippen LogP contribution in [0.5, 0.6) is 5.75 Å². The van der Waals surface area contributed by atoms with E-state index in [-0.39, 0.29) is 17.4 Å². The van der Waals surface area contributed by atoms with Gasteiger partial charge < -0.3 is 20.4 Å². The van der Waals surface area contributed by atoms with Crippen molar-refractivity contribution in [2.24, 2.45) is 0 Å². The summed E-state index contributed by atoms with van der Waals surface area (Å²) >= 11 is 0. The van der Waals surface area contributed by atoms with Gasteiger partial charge in [-0.1, -0.05) is 13.0 Å². The molecule has 0 aliphatic heterocycles. The maximum Gasteiger partial charge on any atom is 0.273 e. The molecule has 0 unspecified atom stereocenters. The lowest BCUT2D eigenvalue weighted by Gasteiger charge is -2.12. The maximum absolute atomic E-state index is 12.6. The number of rotatable bonds is 7. The Morgan fingerprint density at radius 3 is 2.77 bits per heavy atom. The average Bonchev–Trinajstić information content (AvgIpc) is 3.47. The van der Waals surface area contributed by atoms with Crippen LogP contribution in [-0.4, -0.2) is 48.7 Å². The van der Waals surface area contributed by atoms with Gasteiger partial charge in [0.1, 0.15) is 22.7 Å². The zero-order valence-electron chi connectivity index (χ0n) is 19.8. The van der Waals surface area contributed by atoms with Gasteiger partial charge in [0.15, 0.2) is 11.3 Å². The second kappa shape index (κ2) is 9.05. The molecule has 0 bridgehead atoms. The second-order valence-electron chi connectivity index (χ2n) is 8.09. The molecular weight excluding hydrogens is 444 g/mol. The molecule has 0 aliphatic carbocycles. The highest BCUT2D eigenvalue weighted by Gasteiger charge is 2.21. The number of carbonyl (C=O) groups is 1. The number of aromatic nitrogens is 6. The molecule has 0 saturated carbocycles. The zero-order valence-corrected chi connectivity index (χ0v) is 19.8. The fourth-order valence-electron chi connectivity index (χ4n) is 4.19. The largest absolute Gasteiger partial charge is 0.496 e. The van der Waals surface area contributed by atoms with Crippen LogP contribution < -0.4 is 15.8 Å². The smallest absolute Gasteiger partial charge is 0.273 e. The van der Waals surface area contributed by atoms with Crippen LogP contribution in [0.2, 0.25) is 0 Å². The number of aryl methyl sites for hydroxylation is 1. The van der Waals surface area contributed by atoms with Gasteiger partial charge >= 0.3 is 0 Å². The summed E-state index contributed by atoms with van der Waals surface area (Å²) in [6.45, 7) is 5.33. The van der Waals surface area contributed by atoms with E-state index in [0.717, 1.165) is 46.4 Å². The van der Waals surface area contributed by atoms with Crippen molar-refractivity contribution in [1.82, 2.24) is 34.4 Å². The molecule has 4 aromatic heterocycles. The van der Waals surface area contributed by atoms with Crippen LogP contribution in [0.1, 0.15) is 30.8 Å². The number of amides is 1. The molecule has 4 heterocycles. The molecule has 5 aromatic rings. The molecule has 0 radical (unpaired) electrons. The Balaban J connectivity index is 1.68. The SMILES string of the molecule is CCCNC(=O)c1nc2c(-c3cc(-c4cnnc5c4ncn5CC)ccc3OC)cccn2c1N. The lowest BCUT2D eigenvalue weighted by atomic mass is 9.99. The number of nitrogens with zero attached hydrogens (tertiary/aromatic N) is 6. The number of ether oxygens (including phenoxy) is 1. The minimum Gasteiger partial charge on any atom is -0.496 e. The van der Waals surface area contributed by atoms with Gasteiger partial charge in [0, 0.05) is 36.0 Å². The van der Waals surface area contributed by atoms with Gasteiger partial charge in [-0.2, -0.15) is 5.10 Å². The molecule has 1 aromatic carbocycles. The van der Waals surface area contributed by atoms with Crippen molar-refractivity contribution in [1.29, 1.82) is 0 Å². The van der Waals surface area contributed by atoms with Crippen LogP contribution in [0.3, 0.4) is 0 Å². The molecule has 1 amide bonds. The van der Waals surface area contributed by atoms with Crippen molar-refractivity contribution in [2.75, 3.05) is 19.4 Å². The molecule has 0 spiro atoms. The van der Waals surface area contributed by atoms with E-state index in [9.17, 15) is 4.79 Å². The van der Waals surface area contributed by atoms with E-state index in [1.807, 2.05) is 48.7 Å².